The number of benzene rings is 1. The van der Waals surface area contributed by atoms with Crippen LogP contribution in [-0.2, 0) is 0 Å². The molecule has 1 aromatic carbocycles. The molecule has 0 heterocycles. The molecule has 0 amide bonds. The average molecular weight is 194 g/mol. The van der Waals surface area contributed by atoms with Gasteiger partial charge in [0, 0.05) is 0 Å². The minimum absolute atomic E-state index is 0.338. The van der Waals surface area contributed by atoms with Crippen LogP contribution in [0.2, 0.25) is 0 Å². The quantitative estimate of drug-likeness (QED) is 0.746. The van der Waals surface area contributed by atoms with E-state index in [0.29, 0.717) is 5.75 Å². The number of phenols is 1. The Morgan fingerprint density at radius 3 is 2.57 bits per heavy atom. The number of rotatable bonds is 4. The number of hydrogen-bond acceptors (Lipinski definition) is 2. The predicted octanol–water partition coefficient (Wildman–Crippen LogP) is 3.19. The molecule has 2 heteroatoms. The van der Waals surface area contributed by atoms with Gasteiger partial charge in [-0.15, -0.1) is 0 Å². The van der Waals surface area contributed by atoms with E-state index in [1.54, 1.807) is 6.07 Å². The van der Waals surface area contributed by atoms with E-state index in [1.165, 1.54) is 0 Å². The standard InChI is InChI=1S/C12H18O2/c1-4-5-6-14-12-8-9(2)11(13)7-10(12)3/h7-8,13H,4-6H2,1-3H3. The fourth-order valence-electron chi connectivity index (χ4n) is 1.26. The third-order valence-corrected chi connectivity index (χ3v) is 2.25. The molecule has 1 aromatic rings. The van der Waals surface area contributed by atoms with Gasteiger partial charge in [0.2, 0.25) is 0 Å². The minimum Gasteiger partial charge on any atom is -0.508 e. The number of aromatic hydroxyl groups is 1. The van der Waals surface area contributed by atoms with Gasteiger partial charge in [-0.2, -0.15) is 0 Å². The zero-order valence-corrected chi connectivity index (χ0v) is 9.13. The third-order valence-electron chi connectivity index (χ3n) is 2.25. The van der Waals surface area contributed by atoms with E-state index in [9.17, 15) is 5.11 Å². The van der Waals surface area contributed by atoms with Crippen LogP contribution >= 0.6 is 0 Å². The van der Waals surface area contributed by atoms with Crippen molar-refractivity contribution in [1.82, 2.24) is 0 Å². The zero-order chi connectivity index (χ0) is 10.6. The van der Waals surface area contributed by atoms with E-state index in [0.717, 1.165) is 36.3 Å². The second-order valence-electron chi connectivity index (χ2n) is 3.61. The number of hydrogen-bond donors (Lipinski definition) is 1. The maximum atomic E-state index is 9.44. The van der Waals surface area contributed by atoms with Crippen molar-refractivity contribution in [1.29, 1.82) is 0 Å². The van der Waals surface area contributed by atoms with Crippen molar-refractivity contribution in [2.24, 2.45) is 0 Å². The molecule has 0 radical (unpaired) electrons. The topological polar surface area (TPSA) is 29.5 Å². The highest BCUT2D eigenvalue weighted by atomic mass is 16.5. The Morgan fingerprint density at radius 2 is 1.93 bits per heavy atom. The molecule has 0 aromatic heterocycles. The Bertz CT molecular complexity index is 305. The molecule has 2 nitrogen and oxygen atoms in total. The van der Waals surface area contributed by atoms with Gasteiger partial charge in [-0.3, -0.25) is 0 Å². The van der Waals surface area contributed by atoms with Crippen molar-refractivity contribution < 1.29 is 9.84 Å². The van der Waals surface area contributed by atoms with Crippen LogP contribution in [0.5, 0.6) is 11.5 Å². The third kappa shape index (κ3) is 2.66. The summed E-state index contributed by atoms with van der Waals surface area (Å²) in [6.07, 6.45) is 2.20. The van der Waals surface area contributed by atoms with Gasteiger partial charge in [0.25, 0.3) is 0 Å². The maximum absolute atomic E-state index is 9.44. The molecule has 0 aliphatic rings. The molecule has 0 unspecified atom stereocenters. The molecule has 0 saturated carbocycles. The molecular formula is C12H18O2. The fraction of sp³-hybridized carbons (Fsp3) is 0.500. The number of ether oxygens (including phenoxy) is 1. The molecule has 0 bridgehead atoms. The first-order chi connectivity index (χ1) is 6.65. The summed E-state index contributed by atoms with van der Waals surface area (Å²) in [6.45, 7) is 6.71. The van der Waals surface area contributed by atoms with E-state index in [4.69, 9.17) is 4.74 Å². The first-order valence-corrected chi connectivity index (χ1v) is 5.08. The second kappa shape index (κ2) is 4.89. The van der Waals surface area contributed by atoms with Crippen molar-refractivity contribution in [3.63, 3.8) is 0 Å². The SMILES string of the molecule is CCCCOc1cc(C)c(O)cc1C. The summed E-state index contributed by atoms with van der Waals surface area (Å²) < 4.78 is 5.60. The Balaban J connectivity index is 2.72. The van der Waals surface area contributed by atoms with Crippen LogP contribution in [0.15, 0.2) is 12.1 Å². The molecule has 1 N–H and O–H groups in total. The van der Waals surface area contributed by atoms with E-state index < -0.39 is 0 Å². The lowest BCUT2D eigenvalue weighted by molar-refractivity contribution is 0.306. The van der Waals surface area contributed by atoms with Crippen molar-refractivity contribution in [2.45, 2.75) is 33.6 Å². The normalized spacial score (nSPS) is 10.2. The lowest BCUT2D eigenvalue weighted by Crippen LogP contribution is -1.98. The van der Waals surface area contributed by atoms with Crippen molar-refractivity contribution in [3.05, 3.63) is 23.3 Å². The van der Waals surface area contributed by atoms with Crippen LogP contribution in [0, 0.1) is 13.8 Å². The monoisotopic (exact) mass is 194 g/mol. The first-order valence-electron chi connectivity index (χ1n) is 5.08. The molecule has 14 heavy (non-hydrogen) atoms. The molecule has 0 aliphatic carbocycles. The number of aryl methyl sites for hydroxylation is 2. The molecular weight excluding hydrogens is 176 g/mol. The van der Waals surface area contributed by atoms with E-state index in [1.807, 2.05) is 19.9 Å². The van der Waals surface area contributed by atoms with Crippen LogP contribution in [-0.4, -0.2) is 11.7 Å². The highest BCUT2D eigenvalue weighted by Gasteiger charge is 2.03. The lowest BCUT2D eigenvalue weighted by atomic mass is 10.1. The summed E-state index contributed by atoms with van der Waals surface area (Å²) in [5.74, 6) is 1.22. The predicted molar refractivity (Wildman–Crippen MR) is 58.0 cm³/mol. The zero-order valence-electron chi connectivity index (χ0n) is 9.13. The van der Waals surface area contributed by atoms with E-state index in [2.05, 4.69) is 6.92 Å². The Labute approximate surface area is 85.5 Å². The largest absolute Gasteiger partial charge is 0.508 e. The smallest absolute Gasteiger partial charge is 0.122 e. The Kier molecular flexibility index (Phi) is 3.81. The van der Waals surface area contributed by atoms with Crippen LogP contribution in [0.25, 0.3) is 0 Å². The molecule has 0 spiro atoms. The van der Waals surface area contributed by atoms with Crippen LogP contribution in [0.3, 0.4) is 0 Å². The van der Waals surface area contributed by atoms with Gasteiger partial charge in [-0.05, 0) is 43.5 Å². The van der Waals surface area contributed by atoms with Crippen LogP contribution in [0.4, 0.5) is 0 Å². The summed E-state index contributed by atoms with van der Waals surface area (Å²) in [5, 5.41) is 9.44. The highest BCUT2D eigenvalue weighted by Crippen LogP contribution is 2.26. The summed E-state index contributed by atoms with van der Waals surface area (Å²) in [6, 6.07) is 3.64. The Hall–Kier alpha value is -1.18. The number of unbranched alkanes of at least 4 members (excludes halogenated alkanes) is 1. The maximum Gasteiger partial charge on any atom is 0.122 e. The van der Waals surface area contributed by atoms with E-state index in [-0.39, 0.29) is 0 Å². The van der Waals surface area contributed by atoms with E-state index >= 15 is 0 Å². The van der Waals surface area contributed by atoms with Crippen LogP contribution < -0.4 is 4.74 Å². The van der Waals surface area contributed by atoms with Crippen LogP contribution in [0.1, 0.15) is 30.9 Å². The van der Waals surface area contributed by atoms with Crippen molar-refractivity contribution >= 4 is 0 Å². The van der Waals surface area contributed by atoms with Gasteiger partial charge in [0.1, 0.15) is 11.5 Å². The lowest BCUT2D eigenvalue weighted by Gasteiger charge is -2.10. The second-order valence-corrected chi connectivity index (χ2v) is 3.61. The van der Waals surface area contributed by atoms with Crippen molar-refractivity contribution in [2.75, 3.05) is 6.61 Å². The molecule has 1 rings (SSSR count). The number of phenolic OH excluding ortho intramolecular Hbond substituents is 1. The Morgan fingerprint density at radius 1 is 1.21 bits per heavy atom. The minimum atomic E-state index is 0.338. The summed E-state index contributed by atoms with van der Waals surface area (Å²) in [5.41, 5.74) is 1.85. The van der Waals surface area contributed by atoms with Gasteiger partial charge in [0.15, 0.2) is 0 Å². The average Bonchev–Trinajstić information content (AvgIpc) is 2.14. The summed E-state index contributed by atoms with van der Waals surface area (Å²) in [4.78, 5) is 0. The van der Waals surface area contributed by atoms with Crippen molar-refractivity contribution in [3.8, 4) is 11.5 Å². The summed E-state index contributed by atoms with van der Waals surface area (Å²) >= 11 is 0. The van der Waals surface area contributed by atoms with Gasteiger partial charge < -0.3 is 9.84 Å². The van der Waals surface area contributed by atoms with Gasteiger partial charge in [0.05, 0.1) is 6.61 Å². The van der Waals surface area contributed by atoms with Gasteiger partial charge >= 0.3 is 0 Å². The molecule has 0 atom stereocenters. The summed E-state index contributed by atoms with van der Waals surface area (Å²) in [7, 11) is 0. The van der Waals surface area contributed by atoms with Gasteiger partial charge in [-0.25, -0.2) is 0 Å². The molecule has 0 aliphatic heterocycles. The molecule has 78 valence electrons. The van der Waals surface area contributed by atoms with Gasteiger partial charge in [-0.1, -0.05) is 13.3 Å². The highest BCUT2D eigenvalue weighted by molar-refractivity contribution is 5.44. The molecule has 0 fully saturated rings. The fourth-order valence-corrected chi connectivity index (χ4v) is 1.26. The first kappa shape index (κ1) is 10.9. The molecule has 0 saturated heterocycles.